The molecule has 0 fully saturated rings. The molecule has 0 saturated heterocycles. The summed E-state index contributed by atoms with van der Waals surface area (Å²) in [5.41, 5.74) is -0.235. The van der Waals surface area contributed by atoms with Gasteiger partial charge < -0.3 is 4.42 Å². The Balaban J connectivity index is 2.96. The lowest BCUT2D eigenvalue weighted by molar-refractivity contribution is 0.432. The second-order valence-electron chi connectivity index (χ2n) is 3.35. The molecule has 0 spiro atoms. The third-order valence-corrected chi connectivity index (χ3v) is 3.25. The molecule has 0 bridgehead atoms. The van der Waals surface area contributed by atoms with Crippen molar-refractivity contribution in [2.45, 2.75) is 4.90 Å². The van der Waals surface area contributed by atoms with Crippen molar-refractivity contribution in [1.82, 2.24) is 4.57 Å². The summed E-state index contributed by atoms with van der Waals surface area (Å²) in [6.07, 6.45) is 1.52. The molecule has 1 aromatic carbocycles. The summed E-state index contributed by atoms with van der Waals surface area (Å²) in [5.74, 6) is -0.706. The molecule has 0 N–H and O–H groups in total. The smallest absolute Gasteiger partial charge is 0.372 e. The summed E-state index contributed by atoms with van der Waals surface area (Å²) in [4.78, 5) is 23.2. The van der Waals surface area contributed by atoms with Crippen LogP contribution in [0.25, 0.3) is 10.9 Å². The fraction of sp³-hybridized carbons (Fsp3) is 0.200. The van der Waals surface area contributed by atoms with E-state index in [4.69, 9.17) is 0 Å². The van der Waals surface area contributed by atoms with Gasteiger partial charge in [-0.15, -0.1) is 0 Å². The number of nitrogens with zero attached hydrogens (tertiary/aromatic N) is 1. The van der Waals surface area contributed by atoms with Gasteiger partial charge in [-0.1, -0.05) is 0 Å². The largest absolute Gasteiger partial charge is 0.422 e. The van der Waals surface area contributed by atoms with E-state index in [0.29, 0.717) is 10.4 Å². The minimum Gasteiger partial charge on any atom is -0.372 e. The maximum absolute atomic E-state index is 11.4. The molecule has 0 radical (unpaired) electrons. The predicted molar refractivity (Wildman–Crippen MR) is 60.1 cm³/mol. The van der Waals surface area contributed by atoms with Gasteiger partial charge in [-0.05, 0) is 18.2 Å². The highest BCUT2D eigenvalue weighted by Crippen LogP contribution is 2.12. The number of fused-ring (bicyclic) bond motifs is 1. The second kappa shape index (κ2) is 3.71. The van der Waals surface area contributed by atoms with Gasteiger partial charge in [0.15, 0.2) is 0 Å². The highest BCUT2D eigenvalue weighted by atomic mass is 32.2. The Morgan fingerprint density at radius 1 is 1.31 bits per heavy atom. The van der Waals surface area contributed by atoms with Crippen LogP contribution in [-0.4, -0.2) is 15.0 Å². The Labute approximate surface area is 92.8 Å². The fourth-order valence-electron chi connectivity index (χ4n) is 1.45. The summed E-state index contributed by atoms with van der Waals surface area (Å²) in [5, 5.41) is 0.259. The fourth-order valence-corrected chi connectivity index (χ4v) is 1.99. The zero-order valence-corrected chi connectivity index (χ0v) is 9.54. The van der Waals surface area contributed by atoms with Crippen LogP contribution in [-0.2, 0) is 17.8 Å². The van der Waals surface area contributed by atoms with Gasteiger partial charge in [-0.3, -0.25) is 8.78 Å². The summed E-state index contributed by atoms with van der Waals surface area (Å²) in [6.45, 7) is 0. The number of benzene rings is 1. The second-order valence-corrected chi connectivity index (χ2v) is 4.73. The molecule has 1 unspecified atom stereocenters. The van der Waals surface area contributed by atoms with Crippen LogP contribution in [0.5, 0.6) is 0 Å². The van der Waals surface area contributed by atoms with E-state index in [9.17, 15) is 13.8 Å². The maximum atomic E-state index is 11.4. The highest BCUT2D eigenvalue weighted by molar-refractivity contribution is 7.84. The van der Waals surface area contributed by atoms with Crippen molar-refractivity contribution in [3.63, 3.8) is 0 Å². The minimum absolute atomic E-state index is 0.259. The first kappa shape index (κ1) is 10.8. The Morgan fingerprint density at radius 3 is 2.62 bits per heavy atom. The van der Waals surface area contributed by atoms with Gasteiger partial charge >= 0.3 is 11.4 Å². The SMILES string of the molecule is Cn1c(=O)oc(=O)c2cc(S(C)=O)ccc21. The van der Waals surface area contributed by atoms with Crippen LogP contribution in [0.4, 0.5) is 0 Å². The van der Waals surface area contributed by atoms with Gasteiger partial charge in [-0.25, -0.2) is 9.59 Å². The number of hydrogen-bond acceptors (Lipinski definition) is 4. The topological polar surface area (TPSA) is 69.3 Å². The van der Waals surface area contributed by atoms with Crippen molar-refractivity contribution < 1.29 is 8.63 Å². The van der Waals surface area contributed by atoms with Crippen LogP contribution in [0.3, 0.4) is 0 Å². The van der Waals surface area contributed by atoms with Crippen molar-refractivity contribution in [3.05, 3.63) is 39.2 Å². The lowest BCUT2D eigenvalue weighted by atomic mass is 10.2. The average molecular weight is 239 g/mol. The van der Waals surface area contributed by atoms with E-state index < -0.39 is 22.2 Å². The molecule has 1 atom stereocenters. The first-order valence-electron chi connectivity index (χ1n) is 4.48. The molecule has 2 aromatic rings. The van der Waals surface area contributed by atoms with E-state index in [2.05, 4.69) is 4.42 Å². The molecule has 5 nitrogen and oxygen atoms in total. The summed E-state index contributed by atoms with van der Waals surface area (Å²) < 4.78 is 17.0. The zero-order chi connectivity index (χ0) is 11.9. The van der Waals surface area contributed by atoms with Gasteiger partial charge in [0, 0.05) is 29.0 Å². The molecule has 1 heterocycles. The monoisotopic (exact) mass is 239 g/mol. The molecular weight excluding hydrogens is 230 g/mol. The van der Waals surface area contributed by atoms with Gasteiger partial charge in [0.05, 0.1) is 10.9 Å². The lowest BCUT2D eigenvalue weighted by Crippen LogP contribution is -2.22. The van der Waals surface area contributed by atoms with Crippen LogP contribution in [0.1, 0.15) is 0 Å². The maximum Gasteiger partial charge on any atom is 0.422 e. The molecule has 16 heavy (non-hydrogen) atoms. The number of rotatable bonds is 1. The van der Waals surface area contributed by atoms with Gasteiger partial charge in [0.1, 0.15) is 0 Å². The summed E-state index contributed by atoms with van der Waals surface area (Å²) in [6, 6.07) is 4.69. The van der Waals surface area contributed by atoms with Gasteiger partial charge in [0.25, 0.3) is 0 Å². The van der Waals surface area contributed by atoms with Gasteiger partial charge in [0.2, 0.25) is 0 Å². The minimum atomic E-state index is -1.17. The highest BCUT2D eigenvalue weighted by Gasteiger charge is 2.08. The third kappa shape index (κ3) is 1.61. The Bertz CT molecular complexity index is 698. The first-order chi connectivity index (χ1) is 7.50. The van der Waals surface area contributed by atoms with E-state index in [1.54, 1.807) is 12.1 Å². The number of aryl methyl sites for hydroxylation is 1. The van der Waals surface area contributed by atoms with E-state index in [1.807, 2.05) is 0 Å². The Hall–Kier alpha value is -1.69. The van der Waals surface area contributed by atoms with Crippen LogP contribution < -0.4 is 11.4 Å². The molecule has 0 aliphatic heterocycles. The molecule has 0 amide bonds. The third-order valence-electron chi connectivity index (χ3n) is 2.34. The standard InChI is InChI=1S/C10H9NO4S/c1-11-8-4-3-6(16(2)14)5-7(8)9(12)15-10(11)13/h3-5H,1-2H3. The molecular formula is C10H9NO4S. The quantitative estimate of drug-likeness (QED) is 0.714. The Morgan fingerprint density at radius 2 is 2.00 bits per heavy atom. The molecule has 2 rings (SSSR count). The molecule has 84 valence electrons. The van der Waals surface area contributed by atoms with E-state index in [1.165, 1.54) is 23.9 Å². The van der Waals surface area contributed by atoms with Crippen LogP contribution >= 0.6 is 0 Å². The van der Waals surface area contributed by atoms with Crippen LogP contribution in [0, 0.1) is 0 Å². The predicted octanol–water partition coefficient (Wildman–Crippen LogP) is 0.229. The first-order valence-corrected chi connectivity index (χ1v) is 6.04. The number of hydrogen-bond donors (Lipinski definition) is 0. The van der Waals surface area contributed by atoms with E-state index in [-0.39, 0.29) is 5.39 Å². The summed E-state index contributed by atoms with van der Waals surface area (Å²) in [7, 11) is 0.337. The van der Waals surface area contributed by atoms with E-state index in [0.717, 1.165) is 0 Å². The Kier molecular flexibility index (Phi) is 2.51. The van der Waals surface area contributed by atoms with Crippen LogP contribution in [0.2, 0.25) is 0 Å². The van der Waals surface area contributed by atoms with E-state index >= 15 is 0 Å². The molecule has 0 saturated carbocycles. The normalized spacial score (nSPS) is 12.9. The van der Waals surface area contributed by atoms with Crippen LogP contribution in [0.15, 0.2) is 37.1 Å². The number of aromatic nitrogens is 1. The molecule has 0 aliphatic rings. The zero-order valence-electron chi connectivity index (χ0n) is 8.72. The molecule has 0 aliphatic carbocycles. The molecule has 1 aromatic heterocycles. The van der Waals surface area contributed by atoms with Crippen molar-refractivity contribution >= 4 is 21.7 Å². The molecule has 6 heteroatoms. The summed E-state index contributed by atoms with van der Waals surface area (Å²) >= 11 is 0. The van der Waals surface area contributed by atoms with Gasteiger partial charge in [-0.2, -0.15) is 0 Å². The lowest BCUT2D eigenvalue weighted by Gasteiger charge is -2.03. The average Bonchev–Trinajstić information content (AvgIpc) is 2.25. The van der Waals surface area contributed by atoms with Crippen molar-refractivity contribution in [1.29, 1.82) is 0 Å². The van der Waals surface area contributed by atoms with Crippen molar-refractivity contribution in [2.24, 2.45) is 7.05 Å². The van der Waals surface area contributed by atoms with Crippen molar-refractivity contribution in [3.8, 4) is 0 Å². The van der Waals surface area contributed by atoms with Crippen molar-refractivity contribution in [2.75, 3.05) is 6.26 Å².